The second-order valence-electron chi connectivity index (χ2n) is 4.47. The highest BCUT2D eigenvalue weighted by molar-refractivity contribution is 6.16. The van der Waals surface area contributed by atoms with Crippen molar-refractivity contribution in [3.63, 3.8) is 0 Å². The van der Waals surface area contributed by atoms with Gasteiger partial charge in [-0.3, -0.25) is 0 Å². The summed E-state index contributed by atoms with van der Waals surface area (Å²) >= 11 is 5.70. The van der Waals surface area contributed by atoms with Crippen molar-refractivity contribution in [3.8, 4) is 0 Å². The van der Waals surface area contributed by atoms with Crippen molar-refractivity contribution < 1.29 is 4.42 Å². The standard InChI is InChI=1S/C12H19ClN2O/c1-2-3-10-4-6-15(7-5-10)12-14-11(8-13)9-16-12/h9-10H,2-8H2,1H3. The largest absolute Gasteiger partial charge is 0.432 e. The summed E-state index contributed by atoms with van der Waals surface area (Å²) in [5, 5.41) is 0. The molecule has 0 spiro atoms. The molecule has 4 heteroatoms. The van der Waals surface area contributed by atoms with E-state index in [0.29, 0.717) is 5.88 Å². The van der Waals surface area contributed by atoms with Crippen molar-refractivity contribution in [2.75, 3.05) is 18.0 Å². The lowest BCUT2D eigenvalue weighted by Crippen LogP contribution is -2.33. The third-order valence-corrected chi connectivity index (χ3v) is 3.53. The molecule has 1 saturated heterocycles. The molecule has 0 bridgehead atoms. The van der Waals surface area contributed by atoms with Gasteiger partial charge in [0.15, 0.2) is 0 Å². The Morgan fingerprint density at radius 3 is 2.81 bits per heavy atom. The van der Waals surface area contributed by atoms with Gasteiger partial charge in [0.25, 0.3) is 6.01 Å². The van der Waals surface area contributed by atoms with Crippen LogP contribution in [0.25, 0.3) is 0 Å². The molecule has 2 heterocycles. The van der Waals surface area contributed by atoms with E-state index < -0.39 is 0 Å². The number of hydrogen-bond acceptors (Lipinski definition) is 3. The van der Waals surface area contributed by atoms with Crippen LogP contribution in [0, 0.1) is 5.92 Å². The Labute approximate surface area is 102 Å². The van der Waals surface area contributed by atoms with Crippen molar-refractivity contribution >= 4 is 17.6 Å². The first-order valence-corrected chi connectivity index (χ1v) is 6.62. The molecule has 0 N–H and O–H groups in total. The summed E-state index contributed by atoms with van der Waals surface area (Å²) in [6.45, 7) is 4.38. The Hall–Kier alpha value is -0.700. The Kier molecular flexibility index (Phi) is 4.10. The molecule has 0 aliphatic carbocycles. The number of rotatable bonds is 4. The molecule has 1 aliphatic rings. The van der Waals surface area contributed by atoms with Crippen molar-refractivity contribution in [1.29, 1.82) is 0 Å². The van der Waals surface area contributed by atoms with Gasteiger partial charge >= 0.3 is 0 Å². The third-order valence-electron chi connectivity index (χ3n) is 3.26. The average Bonchev–Trinajstić information content (AvgIpc) is 2.79. The fourth-order valence-electron chi connectivity index (χ4n) is 2.32. The zero-order chi connectivity index (χ0) is 11.4. The summed E-state index contributed by atoms with van der Waals surface area (Å²) in [7, 11) is 0. The van der Waals surface area contributed by atoms with Crippen LogP contribution >= 0.6 is 11.6 Å². The van der Waals surface area contributed by atoms with Crippen LogP contribution in [0.3, 0.4) is 0 Å². The summed E-state index contributed by atoms with van der Waals surface area (Å²) in [5.74, 6) is 1.32. The summed E-state index contributed by atoms with van der Waals surface area (Å²) < 4.78 is 5.42. The molecule has 3 nitrogen and oxygen atoms in total. The fourth-order valence-corrected chi connectivity index (χ4v) is 2.45. The number of anilines is 1. The zero-order valence-corrected chi connectivity index (χ0v) is 10.5. The minimum atomic E-state index is 0.426. The van der Waals surface area contributed by atoms with E-state index in [1.165, 1.54) is 25.7 Å². The normalized spacial score (nSPS) is 18.0. The third kappa shape index (κ3) is 2.70. The van der Waals surface area contributed by atoms with E-state index in [1.807, 2.05) is 0 Å². The first kappa shape index (κ1) is 11.8. The molecule has 0 saturated carbocycles. The lowest BCUT2D eigenvalue weighted by molar-refractivity contribution is 0.365. The minimum Gasteiger partial charge on any atom is -0.432 e. The maximum absolute atomic E-state index is 5.70. The molecule has 0 amide bonds. The second kappa shape index (κ2) is 5.58. The molecule has 2 rings (SSSR count). The number of halogens is 1. The van der Waals surface area contributed by atoms with Gasteiger partial charge in [-0.2, -0.15) is 4.98 Å². The zero-order valence-electron chi connectivity index (χ0n) is 9.79. The second-order valence-corrected chi connectivity index (χ2v) is 4.74. The van der Waals surface area contributed by atoms with Crippen LogP contribution in [0.4, 0.5) is 6.01 Å². The van der Waals surface area contributed by atoms with Crippen LogP contribution in [0.15, 0.2) is 10.7 Å². The minimum absolute atomic E-state index is 0.426. The topological polar surface area (TPSA) is 29.3 Å². The molecular weight excluding hydrogens is 224 g/mol. The molecule has 0 atom stereocenters. The monoisotopic (exact) mass is 242 g/mol. The Bertz CT molecular complexity index is 319. The number of nitrogens with zero attached hydrogens (tertiary/aromatic N) is 2. The first-order chi connectivity index (χ1) is 7.83. The highest BCUT2D eigenvalue weighted by Crippen LogP contribution is 2.25. The summed E-state index contributed by atoms with van der Waals surface area (Å²) in [5.41, 5.74) is 0.826. The molecule has 0 unspecified atom stereocenters. The molecule has 1 fully saturated rings. The van der Waals surface area contributed by atoms with Crippen molar-refractivity contribution in [1.82, 2.24) is 4.98 Å². The van der Waals surface area contributed by atoms with Crippen LogP contribution in [-0.2, 0) is 5.88 Å². The van der Waals surface area contributed by atoms with Gasteiger partial charge in [-0.15, -0.1) is 11.6 Å². The quantitative estimate of drug-likeness (QED) is 0.758. The first-order valence-electron chi connectivity index (χ1n) is 6.08. The van der Waals surface area contributed by atoms with Gasteiger partial charge in [0.1, 0.15) is 6.26 Å². The molecule has 16 heavy (non-hydrogen) atoms. The Morgan fingerprint density at radius 1 is 1.50 bits per heavy atom. The summed E-state index contributed by atoms with van der Waals surface area (Å²) in [6.07, 6.45) is 6.81. The average molecular weight is 243 g/mol. The molecular formula is C12H19ClN2O. The fraction of sp³-hybridized carbons (Fsp3) is 0.750. The van der Waals surface area contributed by atoms with E-state index in [0.717, 1.165) is 30.7 Å². The SMILES string of the molecule is CCCC1CCN(c2nc(CCl)co2)CC1. The van der Waals surface area contributed by atoms with E-state index in [4.69, 9.17) is 16.0 Å². The maximum atomic E-state index is 5.70. The number of piperidine rings is 1. The van der Waals surface area contributed by atoms with E-state index in [-0.39, 0.29) is 0 Å². The number of hydrogen-bond donors (Lipinski definition) is 0. The number of aromatic nitrogens is 1. The summed E-state index contributed by atoms with van der Waals surface area (Å²) in [4.78, 5) is 6.58. The van der Waals surface area contributed by atoms with E-state index in [2.05, 4.69) is 16.8 Å². The molecule has 0 aromatic carbocycles. The number of alkyl halides is 1. The van der Waals surface area contributed by atoms with E-state index in [1.54, 1.807) is 6.26 Å². The van der Waals surface area contributed by atoms with Gasteiger partial charge in [-0.25, -0.2) is 0 Å². The van der Waals surface area contributed by atoms with Crippen molar-refractivity contribution in [3.05, 3.63) is 12.0 Å². The van der Waals surface area contributed by atoms with Crippen LogP contribution in [0.2, 0.25) is 0 Å². The molecule has 1 aromatic rings. The molecule has 1 aromatic heterocycles. The van der Waals surface area contributed by atoms with Gasteiger partial charge in [0.2, 0.25) is 0 Å². The van der Waals surface area contributed by atoms with Crippen molar-refractivity contribution in [2.24, 2.45) is 5.92 Å². The van der Waals surface area contributed by atoms with Crippen molar-refractivity contribution in [2.45, 2.75) is 38.5 Å². The smallest absolute Gasteiger partial charge is 0.297 e. The Balaban J connectivity index is 1.88. The Morgan fingerprint density at radius 2 is 2.25 bits per heavy atom. The van der Waals surface area contributed by atoms with Gasteiger partial charge in [0.05, 0.1) is 11.6 Å². The predicted molar refractivity (Wildman–Crippen MR) is 65.9 cm³/mol. The van der Waals surface area contributed by atoms with Crippen LogP contribution in [0.1, 0.15) is 38.3 Å². The number of oxazole rings is 1. The van der Waals surface area contributed by atoms with Crippen LogP contribution in [-0.4, -0.2) is 18.1 Å². The lowest BCUT2D eigenvalue weighted by Gasteiger charge is -2.30. The predicted octanol–water partition coefficient (Wildman–Crippen LogP) is 3.43. The maximum Gasteiger partial charge on any atom is 0.297 e. The highest BCUT2D eigenvalue weighted by Gasteiger charge is 2.21. The molecule has 90 valence electrons. The lowest BCUT2D eigenvalue weighted by atomic mass is 9.93. The summed E-state index contributed by atoms with van der Waals surface area (Å²) in [6, 6.07) is 0.741. The molecule has 1 aliphatic heterocycles. The van der Waals surface area contributed by atoms with Gasteiger partial charge in [0, 0.05) is 13.1 Å². The van der Waals surface area contributed by atoms with Gasteiger partial charge < -0.3 is 9.32 Å². The van der Waals surface area contributed by atoms with E-state index >= 15 is 0 Å². The van der Waals surface area contributed by atoms with Gasteiger partial charge in [-0.1, -0.05) is 19.8 Å². The highest BCUT2D eigenvalue weighted by atomic mass is 35.5. The van der Waals surface area contributed by atoms with Gasteiger partial charge in [-0.05, 0) is 18.8 Å². The van der Waals surface area contributed by atoms with E-state index in [9.17, 15) is 0 Å². The van der Waals surface area contributed by atoms with Crippen LogP contribution < -0.4 is 4.90 Å². The molecule has 0 radical (unpaired) electrons. The van der Waals surface area contributed by atoms with Crippen LogP contribution in [0.5, 0.6) is 0 Å².